The van der Waals surface area contributed by atoms with Gasteiger partial charge in [0.1, 0.15) is 5.75 Å². The maximum atomic E-state index is 14.4. The van der Waals surface area contributed by atoms with E-state index in [0.29, 0.717) is 23.2 Å². The first-order valence-corrected chi connectivity index (χ1v) is 14.8. The minimum atomic E-state index is -3.97. The van der Waals surface area contributed by atoms with Gasteiger partial charge in [-0.2, -0.15) is 5.26 Å². The van der Waals surface area contributed by atoms with E-state index in [1.54, 1.807) is 31.4 Å². The van der Waals surface area contributed by atoms with Crippen molar-refractivity contribution in [2.45, 2.75) is 43.4 Å². The fourth-order valence-corrected chi connectivity index (χ4v) is 7.70. The minimum absolute atomic E-state index is 0.222. The molecule has 40 heavy (non-hydrogen) atoms. The van der Waals surface area contributed by atoms with Gasteiger partial charge in [-0.25, -0.2) is 12.4 Å². The fourth-order valence-electron chi connectivity index (χ4n) is 6.14. The molecule has 0 bridgehead atoms. The highest BCUT2D eigenvalue weighted by Crippen LogP contribution is 2.46. The molecule has 1 aromatic heterocycles. The second-order valence-corrected chi connectivity index (χ2v) is 12.7. The van der Waals surface area contributed by atoms with Crippen molar-refractivity contribution >= 4 is 20.9 Å². The number of methoxy groups -OCH3 is 1. The first-order chi connectivity index (χ1) is 19.2. The van der Waals surface area contributed by atoms with Gasteiger partial charge in [-0.05, 0) is 96.3 Å². The third-order valence-electron chi connectivity index (χ3n) is 8.24. The number of ether oxygens (including phenoxy) is 1. The molecule has 200 valence electrons. The molecule has 4 aromatic carbocycles. The van der Waals surface area contributed by atoms with Gasteiger partial charge in [-0.3, -0.25) is 0 Å². The van der Waals surface area contributed by atoms with Crippen LogP contribution in [0, 0.1) is 18.3 Å². The van der Waals surface area contributed by atoms with Gasteiger partial charge in [-0.1, -0.05) is 61.0 Å². The van der Waals surface area contributed by atoms with Gasteiger partial charge in [0.15, 0.2) is 0 Å². The SMILES string of the molecule is COc1ccc2c(c1)CC[C@]2(C)Cc1c(-c2ccccc2)n(S(=O)(=O)c2ccc(C)cc2)c2ccc(C#N)cc12. The summed E-state index contributed by atoms with van der Waals surface area (Å²) in [5.74, 6) is 0.840. The molecule has 0 saturated carbocycles. The summed E-state index contributed by atoms with van der Waals surface area (Å²) in [6, 6.07) is 30.5. The van der Waals surface area contributed by atoms with Gasteiger partial charge >= 0.3 is 0 Å². The molecular weight excluding hydrogens is 516 g/mol. The van der Waals surface area contributed by atoms with Gasteiger partial charge in [0, 0.05) is 5.39 Å². The average molecular weight is 547 g/mol. The molecule has 0 radical (unpaired) electrons. The number of nitriles is 1. The van der Waals surface area contributed by atoms with E-state index in [0.717, 1.165) is 40.7 Å². The zero-order valence-corrected chi connectivity index (χ0v) is 23.6. The number of hydrogen-bond donors (Lipinski definition) is 0. The molecule has 6 heteroatoms. The van der Waals surface area contributed by atoms with Crippen LogP contribution in [0.15, 0.2) is 95.9 Å². The number of aryl methyl sites for hydroxylation is 2. The molecule has 1 aliphatic carbocycles. The summed E-state index contributed by atoms with van der Waals surface area (Å²) < 4.78 is 35.7. The van der Waals surface area contributed by atoms with Crippen molar-refractivity contribution in [1.82, 2.24) is 3.97 Å². The summed E-state index contributed by atoms with van der Waals surface area (Å²) in [7, 11) is -2.29. The van der Waals surface area contributed by atoms with Gasteiger partial charge in [0.25, 0.3) is 10.0 Å². The van der Waals surface area contributed by atoms with Crippen LogP contribution in [0.3, 0.4) is 0 Å². The lowest BCUT2D eigenvalue weighted by atomic mass is 9.77. The highest BCUT2D eigenvalue weighted by Gasteiger charge is 2.38. The van der Waals surface area contributed by atoms with Crippen molar-refractivity contribution in [3.8, 4) is 23.1 Å². The second-order valence-electron chi connectivity index (χ2n) is 10.9. The lowest BCUT2D eigenvalue weighted by molar-refractivity contribution is 0.414. The number of benzene rings is 4. The van der Waals surface area contributed by atoms with E-state index >= 15 is 0 Å². The summed E-state index contributed by atoms with van der Waals surface area (Å²) in [6.07, 6.45) is 2.48. The Labute approximate surface area is 235 Å². The van der Waals surface area contributed by atoms with Gasteiger partial charge in [0.05, 0.1) is 34.8 Å². The van der Waals surface area contributed by atoms with E-state index in [1.807, 2.05) is 61.5 Å². The van der Waals surface area contributed by atoms with E-state index in [1.165, 1.54) is 15.1 Å². The standard InChI is InChI=1S/C34H30N2O3S/c1-23-9-13-28(14-10-23)40(37,38)36-32-16-11-24(22-35)19-29(32)30(33(36)25-7-5-4-6-8-25)21-34(2)18-17-26-20-27(39-3)12-15-31(26)34/h4-16,19-20H,17-18,21H2,1-3H3/t34-/m1/s1. The maximum absolute atomic E-state index is 14.4. The summed E-state index contributed by atoms with van der Waals surface area (Å²) >= 11 is 0. The van der Waals surface area contributed by atoms with Crippen molar-refractivity contribution in [2.24, 2.45) is 0 Å². The predicted molar refractivity (Wildman–Crippen MR) is 158 cm³/mol. The van der Waals surface area contributed by atoms with Crippen LogP contribution in [0.2, 0.25) is 0 Å². The number of nitrogens with zero attached hydrogens (tertiary/aromatic N) is 2. The van der Waals surface area contributed by atoms with Crippen LogP contribution in [0.4, 0.5) is 0 Å². The van der Waals surface area contributed by atoms with Crippen LogP contribution in [0.5, 0.6) is 5.75 Å². The van der Waals surface area contributed by atoms with Crippen molar-refractivity contribution in [3.63, 3.8) is 0 Å². The zero-order valence-electron chi connectivity index (χ0n) is 22.8. The molecule has 1 aliphatic rings. The predicted octanol–water partition coefficient (Wildman–Crippen LogP) is 7.18. The van der Waals surface area contributed by atoms with Crippen molar-refractivity contribution in [3.05, 3.63) is 119 Å². The fraction of sp³-hybridized carbons (Fsp3) is 0.206. The largest absolute Gasteiger partial charge is 0.497 e. The van der Waals surface area contributed by atoms with Gasteiger partial charge in [-0.15, -0.1) is 0 Å². The molecule has 0 unspecified atom stereocenters. The van der Waals surface area contributed by atoms with Crippen LogP contribution < -0.4 is 4.74 Å². The number of aromatic nitrogens is 1. The molecule has 0 N–H and O–H groups in total. The summed E-state index contributed by atoms with van der Waals surface area (Å²) in [5.41, 5.74) is 6.76. The van der Waals surface area contributed by atoms with Crippen LogP contribution in [-0.2, 0) is 28.3 Å². The Balaban J connectivity index is 1.65. The molecule has 0 aliphatic heterocycles. The Morgan fingerprint density at radius 2 is 1.73 bits per heavy atom. The molecule has 1 heterocycles. The van der Waals surface area contributed by atoms with E-state index < -0.39 is 10.0 Å². The van der Waals surface area contributed by atoms with E-state index in [4.69, 9.17) is 4.74 Å². The van der Waals surface area contributed by atoms with Crippen LogP contribution in [-0.4, -0.2) is 19.5 Å². The van der Waals surface area contributed by atoms with E-state index in [2.05, 4.69) is 25.1 Å². The molecule has 1 atom stereocenters. The molecular formula is C34H30N2O3S. The van der Waals surface area contributed by atoms with Crippen LogP contribution in [0.25, 0.3) is 22.2 Å². The molecule has 5 nitrogen and oxygen atoms in total. The van der Waals surface area contributed by atoms with Crippen molar-refractivity contribution < 1.29 is 13.2 Å². The Morgan fingerprint density at radius 3 is 2.42 bits per heavy atom. The lowest BCUT2D eigenvalue weighted by Crippen LogP contribution is -2.22. The quantitative estimate of drug-likeness (QED) is 0.226. The third-order valence-corrected chi connectivity index (χ3v) is 9.97. The summed E-state index contributed by atoms with van der Waals surface area (Å²) in [4.78, 5) is 0.229. The Kier molecular flexibility index (Phi) is 6.28. The highest BCUT2D eigenvalue weighted by molar-refractivity contribution is 7.90. The summed E-state index contributed by atoms with van der Waals surface area (Å²) in [6.45, 7) is 4.19. The molecule has 5 aromatic rings. The number of hydrogen-bond acceptors (Lipinski definition) is 4. The van der Waals surface area contributed by atoms with Crippen LogP contribution in [0.1, 0.15) is 41.2 Å². The molecule has 0 saturated heterocycles. The molecule has 0 fully saturated rings. The molecule has 0 spiro atoms. The number of fused-ring (bicyclic) bond motifs is 2. The van der Waals surface area contributed by atoms with Crippen molar-refractivity contribution in [2.75, 3.05) is 7.11 Å². The molecule has 6 rings (SSSR count). The molecule has 0 amide bonds. The lowest BCUT2D eigenvalue weighted by Gasteiger charge is -2.27. The highest BCUT2D eigenvalue weighted by atomic mass is 32.2. The van der Waals surface area contributed by atoms with Crippen molar-refractivity contribution in [1.29, 1.82) is 5.26 Å². The normalized spacial score (nSPS) is 16.6. The first-order valence-electron chi connectivity index (χ1n) is 13.4. The minimum Gasteiger partial charge on any atom is -0.497 e. The number of rotatable bonds is 6. The van der Waals surface area contributed by atoms with Gasteiger partial charge < -0.3 is 4.74 Å². The Morgan fingerprint density at radius 1 is 0.975 bits per heavy atom. The zero-order chi connectivity index (χ0) is 28.1. The topological polar surface area (TPSA) is 72.1 Å². The third kappa shape index (κ3) is 4.18. The second kappa shape index (κ2) is 9.69. The smallest absolute Gasteiger partial charge is 0.268 e. The van der Waals surface area contributed by atoms with E-state index in [9.17, 15) is 13.7 Å². The average Bonchev–Trinajstić information content (AvgIpc) is 3.48. The maximum Gasteiger partial charge on any atom is 0.268 e. The van der Waals surface area contributed by atoms with E-state index in [-0.39, 0.29) is 10.3 Å². The Hall–Kier alpha value is -4.34. The Bertz CT molecular complexity index is 1900. The van der Waals surface area contributed by atoms with Gasteiger partial charge in [0.2, 0.25) is 0 Å². The monoisotopic (exact) mass is 546 g/mol. The first kappa shape index (κ1) is 25.9. The summed E-state index contributed by atoms with van der Waals surface area (Å²) in [5, 5.41) is 10.6. The van der Waals surface area contributed by atoms with Crippen LogP contribution >= 0.6 is 0 Å².